The maximum absolute atomic E-state index is 13.3. The molecule has 4 heterocycles. The van der Waals surface area contributed by atoms with Crippen LogP contribution < -0.4 is 0 Å². The van der Waals surface area contributed by atoms with Crippen molar-refractivity contribution in [3.63, 3.8) is 0 Å². The SMILES string of the molecule is Cc1noc2nc(C3CC3)cc(C(=O)N3CCCC(c4ncon4)C3)c12. The highest BCUT2D eigenvalue weighted by Gasteiger charge is 2.32. The number of amides is 1. The van der Waals surface area contributed by atoms with Crippen LogP contribution in [0.4, 0.5) is 0 Å². The lowest BCUT2D eigenvalue weighted by atomic mass is 9.96. The first kappa shape index (κ1) is 15.5. The monoisotopic (exact) mass is 353 g/mol. The standard InChI is InChI=1S/C18H19N5O3/c1-10-15-13(7-14(11-4-5-11)20-17(15)26-21-10)18(24)23-6-2-3-12(8-23)16-19-9-25-22-16/h7,9,11-12H,2-6,8H2,1H3. The molecule has 2 fully saturated rings. The van der Waals surface area contributed by atoms with Crippen LogP contribution in [-0.2, 0) is 0 Å². The second-order valence-electron chi connectivity index (χ2n) is 7.20. The molecule has 1 saturated carbocycles. The van der Waals surface area contributed by atoms with E-state index in [0.717, 1.165) is 43.3 Å². The molecule has 1 unspecified atom stereocenters. The van der Waals surface area contributed by atoms with E-state index in [1.54, 1.807) is 0 Å². The predicted octanol–water partition coefficient (Wildman–Crippen LogP) is 2.81. The molecule has 1 amide bonds. The molecule has 0 aromatic carbocycles. The van der Waals surface area contributed by atoms with Crippen LogP contribution in [-0.4, -0.2) is 44.2 Å². The molecule has 1 saturated heterocycles. The summed E-state index contributed by atoms with van der Waals surface area (Å²) in [6, 6.07) is 1.94. The predicted molar refractivity (Wildman–Crippen MR) is 90.7 cm³/mol. The van der Waals surface area contributed by atoms with Gasteiger partial charge in [-0.25, -0.2) is 4.98 Å². The van der Waals surface area contributed by atoms with Crippen LogP contribution in [0.2, 0.25) is 0 Å². The third-order valence-corrected chi connectivity index (χ3v) is 5.32. The van der Waals surface area contributed by atoms with Crippen LogP contribution >= 0.6 is 0 Å². The van der Waals surface area contributed by atoms with Gasteiger partial charge in [-0.2, -0.15) is 4.98 Å². The van der Waals surface area contributed by atoms with Gasteiger partial charge in [-0.1, -0.05) is 10.3 Å². The van der Waals surface area contributed by atoms with Gasteiger partial charge in [0.1, 0.15) is 0 Å². The molecule has 1 atom stereocenters. The van der Waals surface area contributed by atoms with Crippen molar-refractivity contribution in [2.24, 2.45) is 0 Å². The molecule has 8 heteroatoms. The van der Waals surface area contributed by atoms with Gasteiger partial charge < -0.3 is 13.9 Å². The first-order valence-corrected chi connectivity index (χ1v) is 9.03. The molecule has 5 rings (SSSR count). The molecule has 8 nitrogen and oxygen atoms in total. The molecule has 0 spiro atoms. The number of carbonyl (C=O) groups excluding carboxylic acids is 1. The van der Waals surface area contributed by atoms with Crippen molar-refractivity contribution >= 4 is 17.0 Å². The van der Waals surface area contributed by atoms with Crippen molar-refractivity contribution in [3.8, 4) is 0 Å². The zero-order valence-electron chi connectivity index (χ0n) is 14.5. The molecule has 1 aliphatic heterocycles. The number of likely N-dealkylation sites (tertiary alicyclic amines) is 1. The Kier molecular flexibility index (Phi) is 3.51. The van der Waals surface area contributed by atoms with Crippen molar-refractivity contribution in [2.45, 2.75) is 44.4 Å². The molecule has 26 heavy (non-hydrogen) atoms. The normalized spacial score (nSPS) is 20.7. The molecule has 0 N–H and O–H groups in total. The van der Waals surface area contributed by atoms with Gasteiger partial charge in [0.2, 0.25) is 6.39 Å². The van der Waals surface area contributed by atoms with Crippen molar-refractivity contribution in [3.05, 3.63) is 35.2 Å². The summed E-state index contributed by atoms with van der Waals surface area (Å²) in [5, 5.41) is 8.69. The van der Waals surface area contributed by atoms with Crippen LogP contribution in [0.5, 0.6) is 0 Å². The van der Waals surface area contributed by atoms with E-state index in [-0.39, 0.29) is 11.8 Å². The lowest BCUT2D eigenvalue weighted by Gasteiger charge is -2.31. The zero-order chi connectivity index (χ0) is 17.7. The Morgan fingerprint density at radius 1 is 1.23 bits per heavy atom. The minimum atomic E-state index is -0.00112. The lowest BCUT2D eigenvalue weighted by Crippen LogP contribution is -2.39. The van der Waals surface area contributed by atoms with E-state index >= 15 is 0 Å². The fourth-order valence-electron chi connectivity index (χ4n) is 3.77. The van der Waals surface area contributed by atoms with Gasteiger partial charge in [0.05, 0.1) is 16.6 Å². The smallest absolute Gasteiger partial charge is 0.259 e. The highest BCUT2D eigenvalue weighted by Crippen LogP contribution is 2.40. The van der Waals surface area contributed by atoms with Gasteiger partial charge in [-0.3, -0.25) is 4.79 Å². The van der Waals surface area contributed by atoms with E-state index in [1.165, 1.54) is 6.39 Å². The number of piperidine rings is 1. The highest BCUT2D eigenvalue weighted by atomic mass is 16.5. The van der Waals surface area contributed by atoms with Crippen molar-refractivity contribution < 1.29 is 13.8 Å². The summed E-state index contributed by atoms with van der Waals surface area (Å²) >= 11 is 0. The van der Waals surface area contributed by atoms with E-state index in [9.17, 15) is 4.79 Å². The summed E-state index contributed by atoms with van der Waals surface area (Å²) in [7, 11) is 0. The van der Waals surface area contributed by atoms with Crippen molar-refractivity contribution in [1.29, 1.82) is 0 Å². The minimum Gasteiger partial charge on any atom is -0.343 e. The number of aryl methyl sites for hydroxylation is 1. The van der Waals surface area contributed by atoms with Crippen LogP contribution in [0.25, 0.3) is 11.1 Å². The summed E-state index contributed by atoms with van der Waals surface area (Å²) in [5.41, 5.74) is 2.74. The molecule has 0 bridgehead atoms. The van der Waals surface area contributed by atoms with Gasteiger partial charge in [0, 0.05) is 30.6 Å². The molecular weight excluding hydrogens is 334 g/mol. The number of rotatable bonds is 3. The first-order valence-electron chi connectivity index (χ1n) is 9.03. The summed E-state index contributed by atoms with van der Waals surface area (Å²) in [4.78, 5) is 23.9. The van der Waals surface area contributed by atoms with E-state index in [4.69, 9.17) is 9.05 Å². The Labute approximate surface area is 149 Å². The van der Waals surface area contributed by atoms with E-state index < -0.39 is 0 Å². The molecule has 3 aromatic heterocycles. The fraction of sp³-hybridized carbons (Fsp3) is 0.500. The number of fused-ring (bicyclic) bond motifs is 1. The number of hydrogen-bond acceptors (Lipinski definition) is 7. The van der Waals surface area contributed by atoms with Crippen LogP contribution in [0.3, 0.4) is 0 Å². The van der Waals surface area contributed by atoms with Gasteiger partial charge in [0.15, 0.2) is 5.82 Å². The van der Waals surface area contributed by atoms with Crippen LogP contribution in [0, 0.1) is 6.92 Å². The lowest BCUT2D eigenvalue weighted by molar-refractivity contribution is 0.0705. The summed E-state index contributed by atoms with van der Waals surface area (Å²) in [6.45, 7) is 3.16. The Balaban J connectivity index is 1.50. The number of hydrogen-bond donors (Lipinski definition) is 0. The molecule has 134 valence electrons. The molecule has 1 aliphatic carbocycles. The number of aromatic nitrogens is 4. The van der Waals surface area contributed by atoms with Gasteiger partial charge in [-0.05, 0) is 38.7 Å². The highest BCUT2D eigenvalue weighted by molar-refractivity contribution is 6.06. The summed E-state index contributed by atoms with van der Waals surface area (Å²) < 4.78 is 10.2. The van der Waals surface area contributed by atoms with E-state index in [0.29, 0.717) is 35.3 Å². The number of pyridine rings is 1. The molecule has 0 radical (unpaired) electrons. The fourth-order valence-corrected chi connectivity index (χ4v) is 3.77. The topological polar surface area (TPSA) is 98.2 Å². The Hall–Kier alpha value is -2.77. The molecule has 3 aromatic rings. The quantitative estimate of drug-likeness (QED) is 0.714. The van der Waals surface area contributed by atoms with Gasteiger partial charge >= 0.3 is 0 Å². The van der Waals surface area contributed by atoms with Crippen molar-refractivity contribution in [1.82, 2.24) is 25.2 Å². The third kappa shape index (κ3) is 2.56. The molecule has 2 aliphatic rings. The third-order valence-electron chi connectivity index (χ3n) is 5.32. The van der Waals surface area contributed by atoms with Gasteiger partial charge in [-0.15, -0.1) is 0 Å². The Bertz CT molecular complexity index is 961. The number of carbonyl (C=O) groups is 1. The maximum Gasteiger partial charge on any atom is 0.259 e. The first-order chi connectivity index (χ1) is 12.7. The Morgan fingerprint density at radius 2 is 2.12 bits per heavy atom. The zero-order valence-corrected chi connectivity index (χ0v) is 14.5. The molecular formula is C18H19N5O3. The average molecular weight is 353 g/mol. The average Bonchev–Trinajstić information content (AvgIpc) is 3.25. The second kappa shape index (κ2) is 5.89. The summed E-state index contributed by atoms with van der Waals surface area (Å²) in [6.07, 6.45) is 5.43. The van der Waals surface area contributed by atoms with E-state index in [1.807, 2.05) is 17.9 Å². The van der Waals surface area contributed by atoms with Gasteiger partial charge in [0.25, 0.3) is 11.6 Å². The minimum absolute atomic E-state index is 0.00112. The largest absolute Gasteiger partial charge is 0.343 e. The number of nitrogens with zero attached hydrogens (tertiary/aromatic N) is 5. The van der Waals surface area contributed by atoms with Crippen LogP contribution in [0.1, 0.15) is 65.1 Å². The van der Waals surface area contributed by atoms with Crippen molar-refractivity contribution in [2.75, 3.05) is 13.1 Å². The van der Waals surface area contributed by atoms with Crippen LogP contribution in [0.15, 0.2) is 21.5 Å². The Morgan fingerprint density at radius 3 is 2.88 bits per heavy atom. The summed E-state index contributed by atoms with van der Waals surface area (Å²) in [5.74, 6) is 1.21. The second-order valence-corrected chi connectivity index (χ2v) is 7.20. The maximum atomic E-state index is 13.3. The van der Waals surface area contributed by atoms with E-state index in [2.05, 4.69) is 20.3 Å².